The van der Waals surface area contributed by atoms with Gasteiger partial charge in [-0.05, 0) is 36.1 Å². The maximum absolute atomic E-state index is 4.45. The number of rotatable bonds is 3. The Morgan fingerprint density at radius 2 is 2.04 bits per heavy atom. The molecule has 1 unspecified atom stereocenters. The van der Waals surface area contributed by atoms with E-state index in [1.807, 2.05) is 11.8 Å². The molecule has 6 heteroatoms. The quantitative estimate of drug-likeness (QED) is 0.860. The van der Waals surface area contributed by atoms with Crippen LogP contribution in [-0.2, 0) is 6.42 Å². The van der Waals surface area contributed by atoms with Crippen molar-refractivity contribution < 1.29 is 0 Å². The number of halogens is 1. The summed E-state index contributed by atoms with van der Waals surface area (Å²) in [5.41, 5.74) is 2.82. The number of fused-ring (bicyclic) bond motifs is 1. The summed E-state index contributed by atoms with van der Waals surface area (Å²) in [4.78, 5) is 11.2. The first-order valence-corrected chi connectivity index (χ1v) is 9.94. The predicted octanol–water partition coefficient (Wildman–Crippen LogP) is 3.89. The maximum Gasteiger partial charge on any atom is 0.134 e. The first-order valence-electron chi connectivity index (χ1n) is 7.99. The van der Waals surface area contributed by atoms with Crippen LogP contribution in [0.2, 0.25) is 0 Å². The minimum absolute atomic E-state index is 0.345. The third kappa shape index (κ3) is 3.33. The van der Waals surface area contributed by atoms with Gasteiger partial charge >= 0.3 is 0 Å². The molecule has 2 aliphatic rings. The van der Waals surface area contributed by atoms with Gasteiger partial charge in [0, 0.05) is 35.1 Å². The van der Waals surface area contributed by atoms with Crippen LogP contribution >= 0.6 is 27.7 Å². The van der Waals surface area contributed by atoms with Gasteiger partial charge in [0.2, 0.25) is 0 Å². The molecule has 23 heavy (non-hydrogen) atoms. The summed E-state index contributed by atoms with van der Waals surface area (Å²) in [6.07, 6.45) is 3.91. The van der Waals surface area contributed by atoms with E-state index >= 15 is 0 Å². The molecule has 4 nitrogen and oxygen atoms in total. The number of aryl methyl sites for hydroxylation is 1. The lowest BCUT2D eigenvalue weighted by Crippen LogP contribution is -2.33. The summed E-state index contributed by atoms with van der Waals surface area (Å²) in [6.45, 7) is 2.14. The third-order valence-corrected chi connectivity index (χ3v) is 5.93. The van der Waals surface area contributed by atoms with Crippen molar-refractivity contribution in [3.8, 4) is 0 Å². The first kappa shape index (κ1) is 15.3. The van der Waals surface area contributed by atoms with Gasteiger partial charge < -0.3 is 10.2 Å². The van der Waals surface area contributed by atoms with Crippen molar-refractivity contribution in [3.05, 3.63) is 46.2 Å². The summed E-state index contributed by atoms with van der Waals surface area (Å²) in [6, 6.07) is 9.00. The molecule has 0 spiro atoms. The van der Waals surface area contributed by atoms with Crippen molar-refractivity contribution in [2.24, 2.45) is 0 Å². The van der Waals surface area contributed by atoms with Crippen LogP contribution in [0.5, 0.6) is 0 Å². The van der Waals surface area contributed by atoms with Gasteiger partial charge in [0.1, 0.15) is 18.0 Å². The minimum Gasteiger partial charge on any atom is -0.363 e. The Hall–Kier alpha value is -1.27. The second-order valence-corrected chi connectivity index (χ2v) is 8.08. The van der Waals surface area contributed by atoms with Crippen molar-refractivity contribution in [2.75, 3.05) is 34.8 Å². The molecule has 1 saturated heterocycles. The molecule has 1 aliphatic heterocycles. The van der Waals surface area contributed by atoms with Gasteiger partial charge in [-0.1, -0.05) is 22.0 Å². The number of hydrogen-bond donors (Lipinski definition) is 1. The lowest BCUT2D eigenvalue weighted by atomic mass is 10.1. The van der Waals surface area contributed by atoms with Crippen LogP contribution in [0.1, 0.15) is 23.6 Å². The lowest BCUT2D eigenvalue weighted by Gasteiger charge is -2.27. The number of thioether (sulfide) groups is 1. The standard InChI is InChI=1S/C17H19BrN4S/c18-13-2-3-14-12(9-13)1-4-15(14)21-16-10-17(20-11-19-16)22-5-7-23-8-6-22/h2-3,9-11,15H,1,4-8H2,(H,19,20,21). The molecule has 120 valence electrons. The Morgan fingerprint density at radius 1 is 1.17 bits per heavy atom. The number of anilines is 2. The highest BCUT2D eigenvalue weighted by Gasteiger charge is 2.23. The zero-order valence-electron chi connectivity index (χ0n) is 12.8. The van der Waals surface area contributed by atoms with Crippen LogP contribution < -0.4 is 10.2 Å². The maximum atomic E-state index is 4.45. The van der Waals surface area contributed by atoms with Gasteiger partial charge in [-0.2, -0.15) is 11.8 Å². The van der Waals surface area contributed by atoms with Crippen LogP contribution in [0.25, 0.3) is 0 Å². The topological polar surface area (TPSA) is 41.0 Å². The van der Waals surface area contributed by atoms with Gasteiger partial charge in [0.15, 0.2) is 0 Å². The molecular formula is C17H19BrN4S. The van der Waals surface area contributed by atoms with Crippen molar-refractivity contribution in [3.63, 3.8) is 0 Å². The van der Waals surface area contributed by atoms with Crippen LogP contribution in [0.3, 0.4) is 0 Å². The van der Waals surface area contributed by atoms with Crippen LogP contribution in [0, 0.1) is 0 Å². The number of benzene rings is 1. The molecule has 0 radical (unpaired) electrons. The van der Waals surface area contributed by atoms with Gasteiger partial charge in [-0.3, -0.25) is 0 Å². The highest BCUT2D eigenvalue weighted by Crippen LogP contribution is 2.35. The number of aromatic nitrogens is 2. The van der Waals surface area contributed by atoms with E-state index in [-0.39, 0.29) is 0 Å². The average Bonchev–Trinajstić information content (AvgIpc) is 2.98. The highest BCUT2D eigenvalue weighted by molar-refractivity contribution is 9.10. The molecule has 2 aromatic rings. The van der Waals surface area contributed by atoms with Crippen molar-refractivity contribution in [1.82, 2.24) is 9.97 Å². The first-order chi connectivity index (χ1) is 11.3. The van der Waals surface area contributed by atoms with Gasteiger partial charge in [-0.15, -0.1) is 0 Å². The molecule has 4 rings (SSSR count). The van der Waals surface area contributed by atoms with Gasteiger partial charge in [0.05, 0.1) is 6.04 Å². The summed E-state index contributed by atoms with van der Waals surface area (Å²) >= 11 is 5.57. The summed E-state index contributed by atoms with van der Waals surface area (Å²) in [5, 5.41) is 3.60. The normalized spacial score (nSPS) is 20.4. The molecule has 1 fully saturated rings. The Bertz CT molecular complexity index is 703. The molecule has 1 aliphatic carbocycles. The number of nitrogens with zero attached hydrogens (tertiary/aromatic N) is 3. The van der Waals surface area contributed by atoms with Crippen LogP contribution in [0.4, 0.5) is 11.6 Å². The van der Waals surface area contributed by atoms with Crippen molar-refractivity contribution >= 4 is 39.3 Å². The van der Waals surface area contributed by atoms with Crippen LogP contribution in [-0.4, -0.2) is 34.6 Å². The number of hydrogen-bond acceptors (Lipinski definition) is 5. The SMILES string of the molecule is Brc1ccc2c(c1)CCC2Nc1cc(N2CCSCC2)ncn1. The largest absolute Gasteiger partial charge is 0.363 e. The summed E-state index contributed by atoms with van der Waals surface area (Å²) in [5.74, 6) is 4.32. The van der Waals surface area contributed by atoms with Crippen molar-refractivity contribution in [1.29, 1.82) is 0 Å². The monoisotopic (exact) mass is 390 g/mol. The van der Waals surface area contributed by atoms with E-state index in [1.165, 1.54) is 22.6 Å². The van der Waals surface area contributed by atoms with Gasteiger partial charge in [0.25, 0.3) is 0 Å². The van der Waals surface area contributed by atoms with E-state index < -0.39 is 0 Å². The number of nitrogens with one attached hydrogen (secondary N) is 1. The summed E-state index contributed by atoms with van der Waals surface area (Å²) < 4.78 is 1.16. The van der Waals surface area contributed by atoms with E-state index in [9.17, 15) is 0 Å². The van der Waals surface area contributed by atoms with Gasteiger partial charge in [-0.25, -0.2) is 9.97 Å². The molecule has 1 N–H and O–H groups in total. The molecule has 2 heterocycles. The summed E-state index contributed by atoms with van der Waals surface area (Å²) in [7, 11) is 0. The lowest BCUT2D eigenvalue weighted by molar-refractivity contribution is 0.755. The van der Waals surface area contributed by atoms with Crippen molar-refractivity contribution in [2.45, 2.75) is 18.9 Å². The van der Waals surface area contributed by atoms with E-state index in [0.717, 1.165) is 42.0 Å². The third-order valence-electron chi connectivity index (χ3n) is 4.49. The molecule has 0 saturated carbocycles. The fourth-order valence-corrected chi connectivity index (χ4v) is 4.62. The molecule has 1 aromatic heterocycles. The van der Waals surface area contributed by atoms with E-state index in [1.54, 1.807) is 6.33 Å². The molecule has 1 aromatic carbocycles. The fourth-order valence-electron chi connectivity index (χ4n) is 3.31. The molecular weight excluding hydrogens is 372 g/mol. The van der Waals surface area contributed by atoms with E-state index in [4.69, 9.17) is 0 Å². The molecule has 1 atom stereocenters. The van der Waals surface area contributed by atoms with E-state index in [0.29, 0.717) is 6.04 Å². The molecule has 0 amide bonds. The van der Waals surface area contributed by atoms with Crippen LogP contribution in [0.15, 0.2) is 35.1 Å². The average molecular weight is 391 g/mol. The minimum atomic E-state index is 0.345. The molecule has 0 bridgehead atoms. The predicted molar refractivity (Wildman–Crippen MR) is 100 cm³/mol. The zero-order chi connectivity index (χ0) is 15.6. The zero-order valence-corrected chi connectivity index (χ0v) is 15.2. The Morgan fingerprint density at radius 3 is 2.91 bits per heavy atom. The second kappa shape index (κ2) is 6.69. The highest BCUT2D eigenvalue weighted by atomic mass is 79.9. The Labute approximate surface area is 149 Å². The second-order valence-electron chi connectivity index (χ2n) is 5.94. The fraction of sp³-hybridized carbons (Fsp3) is 0.412. The Balaban J connectivity index is 1.52. The smallest absolute Gasteiger partial charge is 0.134 e. The Kier molecular flexibility index (Phi) is 4.44. The van der Waals surface area contributed by atoms with E-state index in [2.05, 4.69) is 60.4 Å².